The Labute approximate surface area is 370 Å². The Morgan fingerprint density at radius 3 is 1.62 bits per heavy atom. The fourth-order valence-corrected chi connectivity index (χ4v) is 9.45. The molecular weight excluding hydrogens is 759 g/mol. The molecule has 0 unspecified atom stereocenters. The van der Waals surface area contributed by atoms with Crippen LogP contribution in [0, 0.1) is 0 Å². The Kier molecular flexibility index (Phi) is 10.1. The van der Waals surface area contributed by atoms with E-state index in [4.69, 9.17) is 0 Å². The van der Waals surface area contributed by atoms with E-state index >= 15 is 0 Å². The van der Waals surface area contributed by atoms with Crippen LogP contribution in [0.4, 0.5) is 17.1 Å². The maximum absolute atomic E-state index is 2.47. The first kappa shape index (κ1) is 38.0. The molecule has 0 heterocycles. The number of allylic oxidation sites excluding steroid dienone is 1. The molecule has 0 amide bonds. The third-order valence-electron chi connectivity index (χ3n) is 12.5. The lowest BCUT2D eigenvalue weighted by Crippen LogP contribution is -2.13. The van der Waals surface area contributed by atoms with Gasteiger partial charge in [0.2, 0.25) is 0 Å². The van der Waals surface area contributed by atoms with E-state index in [1.165, 1.54) is 60.5 Å². The lowest BCUT2D eigenvalue weighted by molar-refractivity contribution is 0.998. The summed E-state index contributed by atoms with van der Waals surface area (Å²) >= 11 is 0. The normalized spacial score (nSPS) is 12.2. The van der Waals surface area contributed by atoms with E-state index in [1.807, 2.05) is 0 Å². The lowest BCUT2D eigenvalue weighted by Gasteiger charge is -2.31. The largest absolute Gasteiger partial charge is 0.309 e. The summed E-state index contributed by atoms with van der Waals surface area (Å²) in [6.45, 7) is 0. The van der Waals surface area contributed by atoms with Crippen LogP contribution in [-0.2, 0) is 6.42 Å². The first-order valence-corrected chi connectivity index (χ1v) is 22.0. The monoisotopic (exact) mass is 803 g/mol. The van der Waals surface area contributed by atoms with E-state index in [1.54, 1.807) is 0 Å². The smallest absolute Gasteiger partial charge is 0.0540 e. The Bertz CT molecular complexity index is 3310. The molecule has 1 aliphatic carbocycles. The third kappa shape index (κ3) is 7.45. The van der Waals surface area contributed by atoms with E-state index in [9.17, 15) is 0 Å². The number of rotatable bonds is 9. The van der Waals surface area contributed by atoms with Crippen molar-refractivity contribution >= 4 is 56.8 Å². The van der Waals surface area contributed by atoms with Crippen LogP contribution in [0.15, 0.2) is 231 Å². The zero-order valence-corrected chi connectivity index (χ0v) is 35.0. The summed E-state index contributed by atoms with van der Waals surface area (Å²) in [4.78, 5) is 2.47. The molecule has 63 heavy (non-hydrogen) atoms. The maximum atomic E-state index is 2.47. The highest BCUT2D eigenvalue weighted by Gasteiger charge is 2.22. The number of hydrogen-bond acceptors (Lipinski definition) is 1. The number of benzene rings is 10. The molecular formula is C62H45N. The summed E-state index contributed by atoms with van der Waals surface area (Å²) in [5.41, 5.74) is 17.8. The minimum atomic E-state index is 1.06. The van der Waals surface area contributed by atoms with Gasteiger partial charge in [0.15, 0.2) is 0 Å². The van der Waals surface area contributed by atoms with Gasteiger partial charge in [-0.2, -0.15) is 0 Å². The Hall–Kier alpha value is -8.00. The van der Waals surface area contributed by atoms with Crippen LogP contribution >= 0.6 is 0 Å². The number of fused-ring (bicyclic) bond motifs is 5. The molecule has 0 saturated heterocycles. The summed E-state index contributed by atoms with van der Waals surface area (Å²) in [7, 11) is 0. The van der Waals surface area contributed by atoms with Crippen LogP contribution in [0.25, 0.3) is 84.3 Å². The molecule has 10 aromatic carbocycles. The average molecular weight is 804 g/mol. The minimum absolute atomic E-state index is 1.06. The van der Waals surface area contributed by atoms with Crippen molar-refractivity contribution in [3.8, 4) is 44.5 Å². The van der Waals surface area contributed by atoms with E-state index in [-0.39, 0.29) is 0 Å². The van der Waals surface area contributed by atoms with Gasteiger partial charge in [-0.25, -0.2) is 0 Å². The highest BCUT2D eigenvalue weighted by molar-refractivity contribution is 6.14. The highest BCUT2D eigenvalue weighted by atomic mass is 15.1. The number of aryl methyl sites for hydroxylation is 1. The second-order valence-corrected chi connectivity index (χ2v) is 16.4. The van der Waals surface area contributed by atoms with Crippen molar-refractivity contribution in [1.82, 2.24) is 0 Å². The molecule has 1 nitrogen and oxygen atoms in total. The molecule has 0 radical (unpaired) electrons. The zero-order chi connectivity index (χ0) is 42.0. The standard InChI is InChI=1S/C62H45N/c1-5-17-45(18-6-1)53-28-16-29-55(42-53)63(60-40-38-54(46-19-7-2-8-20-46)43-58(60)48-23-11-4-12-24-48)59-39-32-44(41-57(59)47-21-9-3-10-22-47)31-33-50-26-15-27-51-36-37-52-35-34-49-25-13-14-30-56(49)62(52)61(50)51/h1-13,15-29,31-43H,14,30H2. The highest BCUT2D eigenvalue weighted by Crippen LogP contribution is 2.47. The summed E-state index contributed by atoms with van der Waals surface area (Å²) < 4.78 is 0. The van der Waals surface area contributed by atoms with Crippen molar-refractivity contribution < 1.29 is 0 Å². The van der Waals surface area contributed by atoms with Crippen molar-refractivity contribution in [3.05, 3.63) is 253 Å². The fourth-order valence-electron chi connectivity index (χ4n) is 9.45. The summed E-state index contributed by atoms with van der Waals surface area (Å²) in [6, 6.07) is 81.7. The van der Waals surface area contributed by atoms with E-state index in [0.29, 0.717) is 0 Å². The predicted molar refractivity (Wildman–Crippen MR) is 271 cm³/mol. The average Bonchev–Trinajstić information content (AvgIpc) is 3.37. The van der Waals surface area contributed by atoms with Crippen LogP contribution in [0.1, 0.15) is 28.7 Å². The molecule has 11 rings (SSSR count). The molecule has 1 heteroatoms. The quantitative estimate of drug-likeness (QED) is 0.104. The van der Waals surface area contributed by atoms with Gasteiger partial charge in [-0.05, 0) is 126 Å². The van der Waals surface area contributed by atoms with Gasteiger partial charge in [-0.1, -0.05) is 212 Å². The van der Waals surface area contributed by atoms with Crippen molar-refractivity contribution in [3.63, 3.8) is 0 Å². The van der Waals surface area contributed by atoms with Gasteiger partial charge >= 0.3 is 0 Å². The SMILES string of the molecule is C1=Cc2ccc3ccc4cccc(C=Cc5ccc(N(c6cccc(-c7ccccc7)c6)c6ccc(-c7ccccc7)cc6-c6ccccc6)c(-c6ccccc6)c5)c4c3c2CC1. The van der Waals surface area contributed by atoms with E-state index in [2.05, 4.69) is 254 Å². The Balaban J connectivity index is 1.11. The van der Waals surface area contributed by atoms with Crippen LogP contribution in [0.2, 0.25) is 0 Å². The predicted octanol–water partition coefficient (Wildman–Crippen LogP) is 17.3. The molecule has 10 aromatic rings. The molecule has 298 valence electrons. The lowest BCUT2D eigenvalue weighted by atomic mass is 9.87. The molecule has 0 aliphatic heterocycles. The van der Waals surface area contributed by atoms with Crippen molar-refractivity contribution in [2.75, 3.05) is 4.90 Å². The topological polar surface area (TPSA) is 3.24 Å². The molecule has 0 bridgehead atoms. The van der Waals surface area contributed by atoms with Gasteiger partial charge in [0, 0.05) is 16.8 Å². The first-order valence-electron chi connectivity index (χ1n) is 22.0. The zero-order valence-electron chi connectivity index (χ0n) is 35.0. The summed E-state index contributed by atoms with van der Waals surface area (Å²) in [6.07, 6.45) is 11.4. The van der Waals surface area contributed by atoms with Crippen molar-refractivity contribution in [1.29, 1.82) is 0 Å². The summed E-state index contributed by atoms with van der Waals surface area (Å²) in [5, 5.41) is 5.29. The van der Waals surface area contributed by atoms with E-state index < -0.39 is 0 Å². The second-order valence-electron chi connectivity index (χ2n) is 16.4. The van der Waals surface area contributed by atoms with Crippen LogP contribution in [-0.4, -0.2) is 0 Å². The first-order chi connectivity index (χ1) is 31.2. The van der Waals surface area contributed by atoms with Gasteiger partial charge < -0.3 is 4.90 Å². The molecule has 0 saturated carbocycles. The van der Waals surface area contributed by atoms with Crippen LogP contribution < -0.4 is 4.90 Å². The van der Waals surface area contributed by atoms with Gasteiger partial charge in [0.1, 0.15) is 0 Å². The molecule has 0 fully saturated rings. The van der Waals surface area contributed by atoms with Crippen LogP contribution in [0.3, 0.4) is 0 Å². The molecule has 0 spiro atoms. The summed E-state index contributed by atoms with van der Waals surface area (Å²) in [5.74, 6) is 0. The van der Waals surface area contributed by atoms with Gasteiger partial charge in [0.05, 0.1) is 11.4 Å². The fraction of sp³-hybridized carbons (Fsp3) is 0.0323. The maximum Gasteiger partial charge on any atom is 0.0540 e. The number of hydrogen-bond donors (Lipinski definition) is 0. The number of nitrogens with zero attached hydrogens (tertiary/aromatic N) is 1. The minimum Gasteiger partial charge on any atom is -0.309 e. The third-order valence-corrected chi connectivity index (χ3v) is 12.5. The van der Waals surface area contributed by atoms with Gasteiger partial charge in [0.25, 0.3) is 0 Å². The van der Waals surface area contributed by atoms with Crippen molar-refractivity contribution in [2.45, 2.75) is 12.8 Å². The number of anilines is 3. The van der Waals surface area contributed by atoms with E-state index in [0.717, 1.165) is 57.7 Å². The Morgan fingerprint density at radius 2 is 0.937 bits per heavy atom. The van der Waals surface area contributed by atoms with Crippen LogP contribution in [0.5, 0.6) is 0 Å². The molecule has 0 N–H and O–H groups in total. The second kappa shape index (κ2) is 16.8. The molecule has 1 aliphatic rings. The van der Waals surface area contributed by atoms with Crippen molar-refractivity contribution in [2.24, 2.45) is 0 Å². The molecule has 0 atom stereocenters. The Morgan fingerprint density at radius 1 is 0.381 bits per heavy atom. The van der Waals surface area contributed by atoms with Gasteiger partial charge in [-0.3, -0.25) is 0 Å². The van der Waals surface area contributed by atoms with Gasteiger partial charge in [-0.15, -0.1) is 0 Å². The molecule has 0 aromatic heterocycles.